The number of H-pyrrole nitrogens is 1. The fraction of sp³-hybridized carbons (Fsp3) is 0.400. The van der Waals surface area contributed by atoms with Gasteiger partial charge in [-0.15, -0.1) is 0 Å². The highest BCUT2D eigenvalue weighted by Gasteiger charge is 2.45. The molecule has 0 amide bonds. The summed E-state index contributed by atoms with van der Waals surface area (Å²) in [7, 11) is 2.21. The van der Waals surface area contributed by atoms with Crippen molar-refractivity contribution >= 4 is 37.5 Å². The Hall–Kier alpha value is -2.56. The molecule has 0 aromatic carbocycles. The van der Waals surface area contributed by atoms with Crippen LogP contribution in [0, 0.1) is 5.41 Å². The minimum absolute atomic E-state index is 0.113. The van der Waals surface area contributed by atoms with E-state index >= 15 is 0 Å². The van der Waals surface area contributed by atoms with Crippen molar-refractivity contribution in [2.24, 2.45) is 5.41 Å². The van der Waals surface area contributed by atoms with Crippen molar-refractivity contribution in [3.05, 3.63) is 24.7 Å². The molecule has 2 fully saturated rings. The van der Waals surface area contributed by atoms with E-state index in [0.29, 0.717) is 16.1 Å². The first-order valence-corrected chi connectivity index (χ1v) is 11.6. The van der Waals surface area contributed by atoms with Crippen molar-refractivity contribution in [2.75, 3.05) is 38.1 Å². The summed E-state index contributed by atoms with van der Waals surface area (Å²) >= 11 is 3.12. The first kappa shape index (κ1) is 18.2. The van der Waals surface area contributed by atoms with Crippen LogP contribution >= 0.6 is 22.7 Å². The van der Waals surface area contributed by atoms with E-state index in [-0.39, 0.29) is 5.75 Å². The van der Waals surface area contributed by atoms with E-state index in [2.05, 4.69) is 32.0 Å². The second-order valence-electron chi connectivity index (χ2n) is 8.36. The molecule has 6 heterocycles. The smallest absolute Gasteiger partial charge is 0.188 e. The lowest BCUT2D eigenvalue weighted by Gasteiger charge is -2.53. The van der Waals surface area contributed by atoms with Gasteiger partial charge in [0.25, 0.3) is 0 Å². The van der Waals surface area contributed by atoms with Crippen molar-refractivity contribution in [3.63, 3.8) is 0 Å². The fourth-order valence-corrected chi connectivity index (χ4v) is 6.40. The zero-order valence-corrected chi connectivity index (χ0v) is 18.1. The average molecular weight is 440 g/mol. The number of rotatable bonds is 3. The molecule has 0 aliphatic carbocycles. The number of fused-ring (bicyclic) bond motifs is 1. The molecule has 2 N–H and O–H groups in total. The van der Waals surface area contributed by atoms with Gasteiger partial charge in [-0.1, -0.05) is 22.7 Å². The van der Waals surface area contributed by atoms with Gasteiger partial charge in [-0.3, -0.25) is 5.10 Å². The molecule has 6 rings (SSSR count). The topological polar surface area (TPSA) is 94.1 Å². The van der Waals surface area contributed by atoms with Gasteiger partial charge in [0.1, 0.15) is 16.5 Å². The number of nitrogens with zero attached hydrogens (tertiary/aromatic N) is 6. The second kappa shape index (κ2) is 6.73. The number of piperidine rings is 1. The molecule has 0 radical (unpaired) electrons. The lowest BCUT2D eigenvalue weighted by molar-refractivity contribution is 0.0906. The van der Waals surface area contributed by atoms with Crippen molar-refractivity contribution in [1.82, 2.24) is 30.0 Å². The molecule has 2 aliphatic rings. The Morgan fingerprint density at radius 3 is 2.57 bits per heavy atom. The van der Waals surface area contributed by atoms with Crippen molar-refractivity contribution in [3.8, 4) is 27.6 Å². The number of anilines is 1. The van der Waals surface area contributed by atoms with Gasteiger partial charge >= 0.3 is 0 Å². The van der Waals surface area contributed by atoms with E-state index in [1.807, 2.05) is 0 Å². The number of nitrogens with one attached hydrogen (secondary N) is 1. The molecule has 0 atom stereocenters. The van der Waals surface area contributed by atoms with Crippen molar-refractivity contribution in [2.45, 2.75) is 12.8 Å². The summed E-state index contributed by atoms with van der Waals surface area (Å²) in [6, 6.07) is 1.70. The third kappa shape index (κ3) is 2.98. The summed E-state index contributed by atoms with van der Waals surface area (Å²) < 4.78 is 0. The zero-order valence-electron chi connectivity index (χ0n) is 16.5. The maximum Gasteiger partial charge on any atom is 0.188 e. The number of aromatic nitrogens is 5. The molecular formula is C20H21N7OS2. The van der Waals surface area contributed by atoms with Gasteiger partial charge in [-0.05, 0) is 39.0 Å². The van der Waals surface area contributed by atoms with Crippen LogP contribution in [0.2, 0.25) is 0 Å². The zero-order chi connectivity index (χ0) is 20.3. The minimum Gasteiger partial charge on any atom is -0.506 e. The predicted octanol–water partition coefficient (Wildman–Crippen LogP) is 3.44. The molecule has 0 bridgehead atoms. The molecule has 1 spiro atoms. The summed E-state index contributed by atoms with van der Waals surface area (Å²) in [5.74, 6) is 0.113. The van der Waals surface area contributed by atoms with E-state index in [1.54, 1.807) is 36.0 Å². The summed E-state index contributed by atoms with van der Waals surface area (Å²) in [6.07, 6.45) is 7.76. The van der Waals surface area contributed by atoms with Gasteiger partial charge < -0.3 is 14.9 Å². The highest BCUT2D eigenvalue weighted by atomic mass is 32.1. The number of pyridine rings is 1. The maximum absolute atomic E-state index is 10.5. The van der Waals surface area contributed by atoms with Gasteiger partial charge in [0.2, 0.25) is 0 Å². The summed E-state index contributed by atoms with van der Waals surface area (Å²) in [5, 5.41) is 19.0. The normalized spacial score (nSPS) is 18.9. The molecule has 2 aliphatic heterocycles. The van der Waals surface area contributed by atoms with Crippen LogP contribution in [0.1, 0.15) is 12.8 Å². The van der Waals surface area contributed by atoms with Gasteiger partial charge in [0.15, 0.2) is 14.8 Å². The number of likely N-dealkylation sites (tertiary alicyclic amines) is 1. The largest absolute Gasteiger partial charge is 0.506 e. The van der Waals surface area contributed by atoms with E-state index in [4.69, 9.17) is 9.97 Å². The first-order chi connectivity index (χ1) is 14.6. The highest BCUT2D eigenvalue weighted by molar-refractivity contribution is 7.29. The van der Waals surface area contributed by atoms with Gasteiger partial charge in [-0.2, -0.15) is 5.10 Å². The van der Waals surface area contributed by atoms with Crippen molar-refractivity contribution < 1.29 is 5.11 Å². The number of aromatic amines is 1. The van der Waals surface area contributed by atoms with E-state index in [0.717, 1.165) is 39.0 Å². The van der Waals surface area contributed by atoms with Crippen LogP contribution in [0.5, 0.6) is 5.75 Å². The van der Waals surface area contributed by atoms with Crippen molar-refractivity contribution in [1.29, 1.82) is 0 Å². The molecule has 10 heteroatoms. The quantitative estimate of drug-likeness (QED) is 0.505. The molecule has 0 saturated carbocycles. The maximum atomic E-state index is 10.5. The third-order valence-electron chi connectivity index (χ3n) is 6.24. The van der Waals surface area contributed by atoms with E-state index < -0.39 is 0 Å². The standard InChI is InChI=1S/C20H21N7OS2/c1-26-4-2-20(3-5-26)10-27(11-20)19-25-18-17(30-19)24-16(29-18)15-14(28)6-12(7-21-15)13-8-22-23-9-13/h6-9,28H,2-5,10-11H2,1H3,(H,22,23). The number of aromatic hydroxyl groups is 1. The van der Waals surface area contributed by atoms with Crippen LogP contribution in [-0.2, 0) is 0 Å². The Kier molecular flexibility index (Phi) is 4.09. The summed E-state index contributed by atoms with van der Waals surface area (Å²) in [5.41, 5.74) is 2.67. The van der Waals surface area contributed by atoms with Crippen LogP contribution in [-0.4, -0.2) is 68.4 Å². The fourth-order valence-electron chi connectivity index (χ4n) is 4.36. The van der Waals surface area contributed by atoms with Crippen LogP contribution in [0.4, 0.5) is 5.13 Å². The molecule has 30 heavy (non-hydrogen) atoms. The Bertz CT molecular complexity index is 1170. The minimum atomic E-state index is 0.113. The average Bonchev–Trinajstić information content (AvgIpc) is 3.43. The molecule has 4 aromatic rings. The van der Waals surface area contributed by atoms with E-state index in [9.17, 15) is 5.11 Å². The molecular weight excluding hydrogens is 418 g/mol. The predicted molar refractivity (Wildman–Crippen MR) is 119 cm³/mol. The molecule has 154 valence electrons. The van der Waals surface area contributed by atoms with E-state index in [1.165, 1.54) is 37.3 Å². The second-order valence-corrected chi connectivity index (χ2v) is 10.3. The molecule has 0 unspecified atom stereocenters. The SMILES string of the molecule is CN1CCC2(CC1)CN(c1nc3sc(-c4ncc(-c5cn[nH]c5)cc4O)nc3s1)C2. The molecule has 4 aromatic heterocycles. The number of hydrogen-bond donors (Lipinski definition) is 2. The third-order valence-corrected chi connectivity index (χ3v) is 8.33. The van der Waals surface area contributed by atoms with Crippen LogP contribution in [0.15, 0.2) is 24.7 Å². The lowest BCUT2D eigenvalue weighted by Crippen LogP contribution is -2.60. The highest BCUT2D eigenvalue weighted by Crippen LogP contribution is 2.45. The van der Waals surface area contributed by atoms with Gasteiger partial charge in [0.05, 0.1) is 6.20 Å². The Labute approximate surface area is 181 Å². The number of hydrogen-bond acceptors (Lipinski definition) is 9. The summed E-state index contributed by atoms with van der Waals surface area (Å²) in [6.45, 7) is 4.60. The van der Waals surface area contributed by atoms with Gasteiger partial charge in [-0.25, -0.2) is 15.0 Å². The molecule has 8 nitrogen and oxygen atoms in total. The summed E-state index contributed by atoms with van der Waals surface area (Å²) in [4.78, 5) is 20.6. The monoisotopic (exact) mass is 439 g/mol. The van der Waals surface area contributed by atoms with Gasteiger partial charge in [0, 0.05) is 42.0 Å². The number of thiazole rings is 2. The Morgan fingerprint density at radius 2 is 1.87 bits per heavy atom. The van der Waals surface area contributed by atoms with Crippen LogP contribution in [0.3, 0.4) is 0 Å². The molecule has 2 saturated heterocycles. The first-order valence-electron chi connectivity index (χ1n) is 9.98. The Morgan fingerprint density at radius 1 is 1.07 bits per heavy atom. The lowest BCUT2D eigenvalue weighted by atomic mass is 9.72. The Balaban J connectivity index is 1.21. The van der Waals surface area contributed by atoms with Crippen LogP contribution < -0.4 is 4.90 Å². The van der Waals surface area contributed by atoms with Crippen LogP contribution in [0.25, 0.3) is 31.5 Å².